The molecule has 3 fully saturated rings. The fourth-order valence-corrected chi connectivity index (χ4v) is 4.63. The summed E-state index contributed by atoms with van der Waals surface area (Å²) in [7, 11) is 0. The Morgan fingerprint density at radius 1 is 1.39 bits per heavy atom. The van der Waals surface area contributed by atoms with Crippen molar-refractivity contribution in [1.29, 1.82) is 5.26 Å². The van der Waals surface area contributed by atoms with Crippen molar-refractivity contribution in [3.63, 3.8) is 0 Å². The van der Waals surface area contributed by atoms with Crippen LogP contribution < -0.4 is 0 Å². The molecule has 3 atom stereocenters. The van der Waals surface area contributed by atoms with E-state index in [2.05, 4.69) is 11.0 Å². The molecule has 4 nitrogen and oxygen atoms in total. The third-order valence-corrected chi connectivity index (χ3v) is 5.52. The lowest BCUT2D eigenvalue weighted by molar-refractivity contribution is -0.106. The molecule has 3 aliphatic rings. The summed E-state index contributed by atoms with van der Waals surface area (Å²) in [5, 5.41) is 8.98. The van der Waals surface area contributed by atoms with E-state index in [9.17, 15) is 0 Å². The van der Waals surface area contributed by atoms with Crippen LogP contribution in [0.2, 0.25) is 0 Å². The molecule has 3 heterocycles. The van der Waals surface area contributed by atoms with Gasteiger partial charge in [-0.15, -0.1) is 0 Å². The van der Waals surface area contributed by atoms with Crippen LogP contribution in [0.25, 0.3) is 0 Å². The molecule has 0 aliphatic carbocycles. The first-order valence-corrected chi connectivity index (χ1v) is 7.94. The molecule has 5 heteroatoms. The van der Waals surface area contributed by atoms with Gasteiger partial charge in [-0.3, -0.25) is 4.90 Å². The molecule has 0 amide bonds. The van der Waals surface area contributed by atoms with Crippen molar-refractivity contribution in [2.45, 2.75) is 37.0 Å². The Labute approximate surface area is 113 Å². The van der Waals surface area contributed by atoms with Crippen LogP contribution in [-0.2, 0) is 9.47 Å². The second-order valence-electron chi connectivity index (χ2n) is 5.46. The number of ether oxygens (including phenoxy) is 2. The van der Waals surface area contributed by atoms with E-state index in [4.69, 9.17) is 14.7 Å². The van der Waals surface area contributed by atoms with Crippen LogP contribution in [0.3, 0.4) is 0 Å². The summed E-state index contributed by atoms with van der Waals surface area (Å²) in [5.74, 6) is 2.38. The van der Waals surface area contributed by atoms with Crippen molar-refractivity contribution in [2.75, 3.05) is 37.8 Å². The van der Waals surface area contributed by atoms with Gasteiger partial charge in [0.25, 0.3) is 0 Å². The van der Waals surface area contributed by atoms with Crippen molar-refractivity contribution < 1.29 is 9.47 Å². The smallest absolute Gasteiger partial charge is 0.156 e. The van der Waals surface area contributed by atoms with Crippen molar-refractivity contribution in [3.05, 3.63) is 0 Å². The first-order valence-electron chi connectivity index (χ1n) is 6.78. The van der Waals surface area contributed by atoms with Gasteiger partial charge in [-0.1, -0.05) is 0 Å². The first kappa shape index (κ1) is 12.7. The number of nitrogens with zero attached hydrogens (tertiary/aromatic N) is 2. The van der Waals surface area contributed by atoms with Crippen molar-refractivity contribution in [3.8, 4) is 6.07 Å². The monoisotopic (exact) mass is 268 g/mol. The quantitative estimate of drug-likeness (QED) is 0.716. The van der Waals surface area contributed by atoms with Gasteiger partial charge in [0.05, 0.1) is 18.3 Å². The molecular formula is C13H20N2O2S. The summed E-state index contributed by atoms with van der Waals surface area (Å²) in [4.78, 5) is 2.45. The minimum absolute atomic E-state index is 0.133. The molecule has 0 saturated carbocycles. The third kappa shape index (κ3) is 2.53. The van der Waals surface area contributed by atoms with Crippen LogP contribution in [0.1, 0.15) is 19.3 Å². The summed E-state index contributed by atoms with van der Waals surface area (Å²) in [5.41, 5.74) is 0.133. The van der Waals surface area contributed by atoms with Gasteiger partial charge in [-0.2, -0.15) is 17.0 Å². The molecule has 0 bridgehead atoms. The number of nitriles is 1. The van der Waals surface area contributed by atoms with Gasteiger partial charge in [0.15, 0.2) is 6.10 Å². The van der Waals surface area contributed by atoms with Gasteiger partial charge < -0.3 is 9.47 Å². The molecule has 1 spiro atoms. The van der Waals surface area contributed by atoms with Crippen LogP contribution in [0.4, 0.5) is 0 Å². The molecule has 0 N–H and O–H groups in total. The van der Waals surface area contributed by atoms with Gasteiger partial charge in [-0.25, -0.2) is 0 Å². The summed E-state index contributed by atoms with van der Waals surface area (Å²) in [6.07, 6.45) is 3.19. The summed E-state index contributed by atoms with van der Waals surface area (Å²) >= 11 is 2.01. The lowest BCUT2D eigenvalue weighted by atomic mass is 9.88. The Hall–Kier alpha value is -0.280. The second kappa shape index (κ2) is 5.38. The van der Waals surface area contributed by atoms with E-state index >= 15 is 0 Å². The minimum Gasteiger partial charge on any atom is -0.374 e. The van der Waals surface area contributed by atoms with Gasteiger partial charge in [0, 0.05) is 31.5 Å². The average Bonchev–Trinajstić information content (AvgIpc) is 2.87. The first-order chi connectivity index (χ1) is 8.81. The second-order valence-corrected chi connectivity index (χ2v) is 6.57. The van der Waals surface area contributed by atoms with Crippen LogP contribution in [0, 0.1) is 11.3 Å². The Balaban J connectivity index is 1.63. The van der Waals surface area contributed by atoms with E-state index in [1.807, 2.05) is 11.8 Å². The van der Waals surface area contributed by atoms with Crippen molar-refractivity contribution in [2.24, 2.45) is 0 Å². The number of thioether (sulfide) groups is 1. The maximum atomic E-state index is 8.98. The van der Waals surface area contributed by atoms with Crippen LogP contribution >= 0.6 is 11.8 Å². The molecular weight excluding hydrogens is 248 g/mol. The van der Waals surface area contributed by atoms with E-state index in [1.54, 1.807) is 0 Å². The highest BCUT2D eigenvalue weighted by Crippen LogP contribution is 2.39. The zero-order valence-corrected chi connectivity index (χ0v) is 11.5. The van der Waals surface area contributed by atoms with E-state index in [-0.39, 0.29) is 11.7 Å². The van der Waals surface area contributed by atoms with Gasteiger partial charge in [-0.05, 0) is 25.0 Å². The zero-order chi connectivity index (χ0) is 12.4. The zero-order valence-electron chi connectivity index (χ0n) is 10.6. The van der Waals surface area contributed by atoms with Crippen LogP contribution in [0.5, 0.6) is 0 Å². The summed E-state index contributed by atoms with van der Waals surface area (Å²) < 4.78 is 11.5. The number of rotatable bonds is 1. The highest BCUT2D eigenvalue weighted by atomic mass is 32.2. The summed E-state index contributed by atoms with van der Waals surface area (Å²) in [6, 6.07) is 2.82. The Morgan fingerprint density at radius 2 is 2.33 bits per heavy atom. The Morgan fingerprint density at radius 3 is 3.11 bits per heavy atom. The van der Waals surface area contributed by atoms with Gasteiger partial charge in [0.1, 0.15) is 0 Å². The molecule has 3 saturated heterocycles. The SMILES string of the molecule is N#CC1CN(C2CCOC3(CCSC3)C2)CCO1. The maximum Gasteiger partial charge on any atom is 0.156 e. The lowest BCUT2D eigenvalue weighted by Gasteiger charge is -2.44. The topological polar surface area (TPSA) is 45.5 Å². The maximum absolute atomic E-state index is 8.98. The number of hydrogen-bond donors (Lipinski definition) is 0. The lowest BCUT2D eigenvalue weighted by Crippen LogP contribution is -2.53. The molecule has 0 radical (unpaired) electrons. The minimum atomic E-state index is -0.240. The molecule has 0 aromatic rings. The molecule has 100 valence electrons. The normalized spacial score (nSPS) is 41.9. The molecule has 3 unspecified atom stereocenters. The highest BCUT2D eigenvalue weighted by molar-refractivity contribution is 7.99. The Kier molecular flexibility index (Phi) is 3.81. The average molecular weight is 268 g/mol. The van der Waals surface area contributed by atoms with E-state index in [1.165, 1.54) is 12.2 Å². The summed E-state index contributed by atoms with van der Waals surface area (Å²) in [6.45, 7) is 3.30. The molecule has 3 aliphatic heterocycles. The van der Waals surface area contributed by atoms with Crippen LogP contribution in [-0.4, -0.2) is 60.5 Å². The fraction of sp³-hybridized carbons (Fsp3) is 0.923. The van der Waals surface area contributed by atoms with Gasteiger partial charge >= 0.3 is 0 Å². The fourth-order valence-electron chi connectivity index (χ4n) is 3.26. The van der Waals surface area contributed by atoms with E-state index in [0.29, 0.717) is 12.6 Å². The molecule has 0 aromatic heterocycles. The largest absolute Gasteiger partial charge is 0.374 e. The van der Waals surface area contributed by atoms with Gasteiger partial charge in [0.2, 0.25) is 0 Å². The highest BCUT2D eigenvalue weighted by Gasteiger charge is 2.42. The molecule has 18 heavy (non-hydrogen) atoms. The molecule has 0 aromatic carbocycles. The third-order valence-electron chi connectivity index (χ3n) is 4.29. The molecule has 3 rings (SSSR count). The van der Waals surface area contributed by atoms with E-state index < -0.39 is 0 Å². The number of morpholine rings is 1. The predicted octanol–water partition coefficient (Wildman–Crippen LogP) is 1.27. The standard InChI is InChI=1S/C13H20N2O2S/c14-8-12-9-15(3-5-16-12)11-1-4-17-13(7-11)2-6-18-10-13/h11-12H,1-7,9-10H2. The Bertz CT molecular complexity index is 338. The van der Waals surface area contributed by atoms with Crippen LogP contribution in [0.15, 0.2) is 0 Å². The van der Waals surface area contributed by atoms with Crippen molar-refractivity contribution >= 4 is 11.8 Å². The predicted molar refractivity (Wildman–Crippen MR) is 70.6 cm³/mol. The number of hydrogen-bond acceptors (Lipinski definition) is 5. The van der Waals surface area contributed by atoms with E-state index in [0.717, 1.165) is 38.3 Å². The van der Waals surface area contributed by atoms with Crippen molar-refractivity contribution in [1.82, 2.24) is 4.90 Å².